The molecule has 4 rings (SSSR count). The van der Waals surface area contributed by atoms with Crippen molar-refractivity contribution in [3.8, 4) is 0 Å². The Balaban J connectivity index is 1.83. The number of ether oxygens (including phenoxy) is 2. The minimum Gasteiger partial charge on any atom is -0.455 e. The number of nitrogens with zero attached hydrogens (tertiary/aromatic N) is 3. The molecular weight excluding hydrogens is 306 g/mol. The van der Waals surface area contributed by atoms with Crippen LogP contribution >= 0.6 is 0 Å². The van der Waals surface area contributed by atoms with Crippen LogP contribution in [0.15, 0.2) is 47.4 Å². The third-order valence-corrected chi connectivity index (χ3v) is 4.25. The molecular formula is C18H21N3O3. The van der Waals surface area contributed by atoms with Gasteiger partial charge < -0.3 is 13.9 Å². The number of para-hydroxylation sites is 1. The molecule has 0 N–H and O–H groups in total. The van der Waals surface area contributed by atoms with Crippen LogP contribution in [-0.2, 0) is 21.8 Å². The predicted molar refractivity (Wildman–Crippen MR) is 88.2 cm³/mol. The molecule has 1 aliphatic heterocycles. The summed E-state index contributed by atoms with van der Waals surface area (Å²) in [6.07, 6.45) is 4.00. The van der Waals surface area contributed by atoms with Crippen molar-refractivity contribution < 1.29 is 13.9 Å². The summed E-state index contributed by atoms with van der Waals surface area (Å²) >= 11 is 0. The highest BCUT2D eigenvalue weighted by molar-refractivity contribution is 5.77. The fourth-order valence-electron chi connectivity index (χ4n) is 3.52. The van der Waals surface area contributed by atoms with Gasteiger partial charge in [0.25, 0.3) is 0 Å². The Morgan fingerprint density at radius 1 is 1.29 bits per heavy atom. The van der Waals surface area contributed by atoms with E-state index in [1.165, 1.54) is 6.33 Å². The van der Waals surface area contributed by atoms with Gasteiger partial charge in [-0.2, -0.15) is 5.10 Å². The molecule has 1 aromatic carbocycles. The summed E-state index contributed by atoms with van der Waals surface area (Å²) in [5, 5.41) is 5.23. The van der Waals surface area contributed by atoms with Crippen molar-refractivity contribution in [3.63, 3.8) is 0 Å². The van der Waals surface area contributed by atoms with Gasteiger partial charge in [0.15, 0.2) is 5.76 Å². The van der Waals surface area contributed by atoms with Gasteiger partial charge in [-0.25, -0.2) is 9.67 Å². The normalized spacial score (nSPS) is 26.7. The number of aromatic nitrogens is 3. The third kappa shape index (κ3) is 2.72. The molecule has 3 aromatic rings. The van der Waals surface area contributed by atoms with Gasteiger partial charge in [-0.3, -0.25) is 0 Å². The maximum atomic E-state index is 6.42. The highest BCUT2D eigenvalue weighted by atomic mass is 16.7. The van der Waals surface area contributed by atoms with Crippen LogP contribution in [0.5, 0.6) is 0 Å². The molecule has 1 saturated heterocycles. The molecule has 3 heterocycles. The SMILES string of the molecule is C[C@@H]1CC(C)(C)O[C@](Cn2cncn2)(c2cc3ccccc3o2)O1. The molecule has 0 aliphatic carbocycles. The first-order chi connectivity index (χ1) is 11.5. The fraction of sp³-hybridized carbons (Fsp3) is 0.444. The zero-order valence-electron chi connectivity index (χ0n) is 14.1. The van der Waals surface area contributed by atoms with Gasteiger partial charge in [0, 0.05) is 11.8 Å². The molecule has 6 heteroatoms. The smallest absolute Gasteiger partial charge is 0.249 e. The fourth-order valence-corrected chi connectivity index (χ4v) is 3.52. The molecule has 24 heavy (non-hydrogen) atoms. The Labute approximate surface area is 140 Å². The lowest BCUT2D eigenvalue weighted by molar-refractivity contribution is -0.361. The minimum absolute atomic E-state index is 0.0329. The first kappa shape index (κ1) is 15.4. The van der Waals surface area contributed by atoms with E-state index in [2.05, 4.69) is 30.9 Å². The number of hydrogen-bond donors (Lipinski definition) is 0. The average molecular weight is 327 g/mol. The molecule has 0 saturated carbocycles. The molecule has 0 amide bonds. The van der Waals surface area contributed by atoms with Crippen LogP contribution in [0, 0.1) is 0 Å². The highest BCUT2D eigenvalue weighted by Crippen LogP contribution is 2.43. The summed E-state index contributed by atoms with van der Waals surface area (Å²) in [7, 11) is 0. The summed E-state index contributed by atoms with van der Waals surface area (Å²) in [6.45, 7) is 6.58. The van der Waals surface area contributed by atoms with Crippen molar-refractivity contribution in [2.24, 2.45) is 0 Å². The molecule has 1 aliphatic rings. The van der Waals surface area contributed by atoms with E-state index in [-0.39, 0.29) is 11.7 Å². The molecule has 6 nitrogen and oxygen atoms in total. The first-order valence-corrected chi connectivity index (χ1v) is 8.15. The molecule has 0 spiro atoms. The van der Waals surface area contributed by atoms with E-state index in [0.717, 1.165) is 17.4 Å². The van der Waals surface area contributed by atoms with Crippen LogP contribution in [0.25, 0.3) is 11.0 Å². The van der Waals surface area contributed by atoms with Gasteiger partial charge in [0.2, 0.25) is 5.79 Å². The van der Waals surface area contributed by atoms with Crippen molar-refractivity contribution >= 4 is 11.0 Å². The highest BCUT2D eigenvalue weighted by Gasteiger charge is 2.49. The number of fused-ring (bicyclic) bond motifs is 1. The van der Waals surface area contributed by atoms with Crippen molar-refractivity contribution in [2.75, 3.05) is 0 Å². The lowest BCUT2D eigenvalue weighted by Crippen LogP contribution is -2.52. The second kappa shape index (κ2) is 5.43. The standard InChI is InChI=1S/C18H21N3O3/c1-13-9-17(2,3)24-18(23-13,10-21-12-19-11-20-21)16-8-14-6-4-5-7-15(14)22-16/h4-8,11-13H,9-10H2,1-3H3/t13-,18-/m1/s1. The Hall–Kier alpha value is -2.18. The van der Waals surface area contributed by atoms with Crippen LogP contribution in [0.1, 0.15) is 33.0 Å². The van der Waals surface area contributed by atoms with Crippen LogP contribution in [0.4, 0.5) is 0 Å². The van der Waals surface area contributed by atoms with Crippen molar-refractivity contribution in [2.45, 2.75) is 51.2 Å². The van der Waals surface area contributed by atoms with E-state index in [0.29, 0.717) is 12.3 Å². The summed E-state index contributed by atoms with van der Waals surface area (Å²) < 4.78 is 20.5. The lowest BCUT2D eigenvalue weighted by atomic mass is 9.97. The number of rotatable bonds is 3. The molecule has 126 valence electrons. The summed E-state index contributed by atoms with van der Waals surface area (Å²) in [4.78, 5) is 4.02. The Kier molecular flexibility index (Phi) is 3.47. The van der Waals surface area contributed by atoms with Gasteiger partial charge in [-0.15, -0.1) is 0 Å². The van der Waals surface area contributed by atoms with Crippen LogP contribution in [0.2, 0.25) is 0 Å². The lowest BCUT2D eigenvalue weighted by Gasteiger charge is -2.46. The van der Waals surface area contributed by atoms with Gasteiger partial charge in [0.05, 0.1) is 11.7 Å². The van der Waals surface area contributed by atoms with Crippen molar-refractivity contribution in [1.82, 2.24) is 14.8 Å². The summed E-state index contributed by atoms with van der Waals surface area (Å²) in [6, 6.07) is 9.89. The number of benzene rings is 1. The molecule has 0 bridgehead atoms. The Morgan fingerprint density at radius 3 is 2.83 bits per heavy atom. The third-order valence-electron chi connectivity index (χ3n) is 4.25. The maximum Gasteiger partial charge on any atom is 0.249 e. The van der Waals surface area contributed by atoms with E-state index < -0.39 is 5.79 Å². The van der Waals surface area contributed by atoms with E-state index in [4.69, 9.17) is 13.9 Å². The quantitative estimate of drug-likeness (QED) is 0.737. The van der Waals surface area contributed by atoms with Gasteiger partial charge in [-0.1, -0.05) is 18.2 Å². The summed E-state index contributed by atoms with van der Waals surface area (Å²) in [5.41, 5.74) is 0.478. The van der Waals surface area contributed by atoms with E-state index in [9.17, 15) is 0 Å². The monoisotopic (exact) mass is 327 g/mol. The van der Waals surface area contributed by atoms with Crippen LogP contribution in [-0.4, -0.2) is 26.5 Å². The van der Waals surface area contributed by atoms with Gasteiger partial charge in [-0.05, 0) is 32.9 Å². The van der Waals surface area contributed by atoms with E-state index in [1.54, 1.807) is 11.0 Å². The predicted octanol–water partition coefficient (Wildman–Crippen LogP) is 3.48. The van der Waals surface area contributed by atoms with Crippen molar-refractivity contribution in [3.05, 3.63) is 48.7 Å². The average Bonchev–Trinajstić information content (AvgIpc) is 3.13. The Bertz CT molecular complexity index is 807. The van der Waals surface area contributed by atoms with Crippen LogP contribution in [0.3, 0.4) is 0 Å². The largest absolute Gasteiger partial charge is 0.455 e. The van der Waals surface area contributed by atoms with E-state index in [1.807, 2.05) is 30.3 Å². The molecule has 0 unspecified atom stereocenters. The topological polar surface area (TPSA) is 62.3 Å². The Morgan fingerprint density at radius 2 is 2.12 bits per heavy atom. The maximum absolute atomic E-state index is 6.42. The zero-order chi connectivity index (χ0) is 16.8. The second-order valence-corrected chi connectivity index (χ2v) is 6.99. The minimum atomic E-state index is -1.03. The second-order valence-electron chi connectivity index (χ2n) is 6.99. The molecule has 1 fully saturated rings. The number of furan rings is 1. The van der Waals surface area contributed by atoms with Gasteiger partial charge >= 0.3 is 0 Å². The first-order valence-electron chi connectivity index (χ1n) is 8.15. The molecule has 2 atom stereocenters. The molecule has 2 aromatic heterocycles. The summed E-state index contributed by atoms with van der Waals surface area (Å²) in [5.74, 6) is -0.382. The zero-order valence-corrected chi connectivity index (χ0v) is 14.1. The van der Waals surface area contributed by atoms with Crippen molar-refractivity contribution in [1.29, 1.82) is 0 Å². The number of hydrogen-bond acceptors (Lipinski definition) is 5. The van der Waals surface area contributed by atoms with Gasteiger partial charge in [0.1, 0.15) is 24.8 Å². The van der Waals surface area contributed by atoms with Crippen LogP contribution < -0.4 is 0 Å². The molecule has 0 radical (unpaired) electrons. The van der Waals surface area contributed by atoms with E-state index >= 15 is 0 Å².